The maximum absolute atomic E-state index is 11.9. The Morgan fingerprint density at radius 1 is 0.947 bits per heavy atom. The van der Waals surface area contributed by atoms with Crippen LogP contribution in [0, 0.1) is 0 Å². The molecule has 2 aromatic rings. The third-order valence-corrected chi connectivity index (χ3v) is 4.16. The quantitative estimate of drug-likeness (QED) is 0.695. The second-order valence-corrected chi connectivity index (χ2v) is 5.65. The van der Waals surface area contributed by atoms with Gasteiger partial charge in [-0.1, -0.05) is 30.3 Å². The molecule has 0 aliphatic heterocycles. The Morgan fingerprint density at radius 2 is 1.63 bits per heavy atom. The number of rotatable bonds is 1. The molecule has 3 rings (SSSR count). The van der Waals surface area contributed by atoms with Crippen LogP contribution in [0.5, 0.6) is 0 Å². The molecule has 19 heavy (non-hydrogen) atoms. The maximum Gasteiger partial charge on any atom is 0.238 e. The molecule has 0 fully saturated rings. The molecule has 1 aliphatic carbocycles. The van der Waals surface area contributed by atoms with Crippen molar-refractivity contribution in [3.63, 3.8) is 0 Å². The Morgan fingerprint density at radius 3 is 2.32 bits per heavy atom. The standard InChI is InChI=1S/C14H6Br2O3/c15-8-6-9(17)12(18)10-11(16)13(19-14(8)10)7-4-2-1-3-5-7/h1-6H. The average Bonchev–Trinajstić information content (AvgIpc) is 2.76. The summed E-state index contributed by atoms with van der Waals surface area (Å²) >= 11 is 6.60. The van der Waals surface area contributed by atoms with Crippen molar-refractivity contribution in [3.8, 4) is 11.3 Å². The highest BCUT2D eigenvalue weighted by molar-refractivity contribution is 9.15. The van der Waals surface area contributed by atoms with Crippen molar-refractivity contribution in [2.75, 3.05) is 0 Å². The van der Waals surface area contributed by atoms with Gasteiger partial charge < -0.3 is 4.42 Å². The number of hydrogen-bond acceptors (Lipinski definition) is 3. The molecule has 0 N–H and O–H groups in total. The van der Waals surface area contributed by atoms with E-state index in [1.807, 2.05) is 30.3 Å². The lowest BCUT2D eigenvalue weighted by molar-refractivity contribution is -0.111. The first-order chi connectivity index (χ1) is 9.09. The third kappa shape index (κ3) is 1.93. The lowest BCUT2D eigenvalue weighted by Crippen LogP contribution is -2.16. The molecule has 0 bridgehead atoms. The van der Waals surface area contributed by atoms with Gasteiger partial charge in [0.05, 0.1) is 14.5 Å². The molecule has 94 valence electrons. The number of carbonyl (C=O) groups excluding carboxylic acids is 2. The van der Waals surface area contributed by atoms with E-state index in [9.17, 15) is 9.59 Å². The first kappa shape index (κ1) is 12.6. The number of hydrogen-bond donors (Lipinski definition) is 0. The predicted molar refractivity (Wildman–Crippen MR) is 78.1 cm³/mol. The predicted octanol–water partition coefficient (Wildman–Crippen LogP) is 4.21. The Hall–Kier alpha value is -1.46. The van der Waals surface area contributed by atoms with Crippen LogP contribution in [-0.2, 0) is 4.79 Å². The van der Waals surface area contributed by atoms with E-state index in [2.05, 4.69) is 31.9 Å². The van der Waals surface area contributed by atoms with E-state index in [0.717, 1.165) is 5.56 Å². The fraction of sp³-hybridized carbons (Fsp3) is 0. The van der Waals surface area contributed by atoms with Crippen LogP contribution in [0.25, 0.3) is 15.8 Å². The smallest absolute Gasteiger partial charge is 0.238 e. The summed E-state index contributed by atoms with van der Waals surface area (Å²) in [5, 5.41) is 0. The van der Waals surface area contributed by atoms with Crippen LogP contribution in [0.3, 0.4) is 0 Å². The van der Waals surface area contributed by atoms with Crippen molar-refractivity contribution in [3.05, 3.63) is 52.2 Å². The highest BCUT2D eigenvalue weighted by Crippen LogP contribution is 2.42. The molecule has 0 amide bonds. The second-order valence-electron chi connectivity index (χ2n) is 4.00. The summed E-state index contributed by atoms with van der Waals surface area (Å²) in [5.74, 6) is -0.189. The molecule has 5 heteroatoms. The minimum atomic E-state index is -0.559. The number of Topliss-reactive ketones (excluding diaryl/α,β-unsaturated/α-hetero) is 1. The van der Waals surface area contributed by atoms with Gasteiger partial charge in [-0.15, -0.1) is 0 Å². The van der Waals surface area contributed by atoms with Crippen LogP contribution >= 0.6 is 31.9 Å². The lowest BCUT2D eigenvalue weighted by atomic mass is 10.0. The fourth-order valence-electron chi connectivity index (χ4n) is 1.93. The summed E-state index contributed by atoms with van der Waals surface area (Å²) in [7, 11) is 0. The number of ketones is 2. The number of halogens is 2. The summed E-state index contributed by atoms with van der Waals surface area (Å²) in [6, 6.07) is 9.39. The van der Waals surface area contributed by atoms with Crippen LogP contribution in [0.2, 0.25) is 0 Å². The van der Waals surface area contributed by atoms with Gasteiger partial charge in [0, 0.05) is 11.6 Å². The highest BCUT2D eigenvalue weighted by atomic mass is 79.9. The molecular weight excluding hydrogens is 376 g/mol. The number of fused-ring (bicyclic) bond motifs is 1. The first-order valence-electron chi connectivity index (χ1n) is 5.43. The van der Waals surface area contributed by atoms with Crippen molar-refractivity contribution in [2.45, 2.75) is 0 Å². The van der Waals surface area contributed by atoms with Crippen molar-refractivity contribution >= 4 is 47.9 Å². The average molecular weight is 382 g/mol. The van der Waals surface area contributed by atoms with Gasteiger partial charge in [0.25, 0.3) is 0 Å². The van der Waals surface area contributed by atoms with Gasteiger partial charge in [0.1, 0.15) is 5.76 Å². The van der Waals surface area contributed by atoms with Gasteiger partial charge in [-0.3, -0.25) is 9.59 Å². The summed E-state index contributed by atoms with van der Waals surface area (Å²) in [6.07, 6.45) is 1.23. The largest absolute Gasteiger partial charge is 0.453 e. The number of carbonyl (C=O) groups is 2. The summed E-state index contributed by atoms with van der Waals surface area (Å²) in [5.41, 5.74) is 1.11. The molecule has 1 heterocycles. The molecule has 0 radical (unpaired) electrons. The normalized spacial score (nSPS) is 14.3. The van der Waals surface area contributed by atoms with Gasteiger partial charge in [-0.2, -0.15) is 0 Å². The summed E-state index contributed by atoms with van der Waals surface area (Å²) < 4.78 is 6.71. The molecule has 0 saturated heterocycles. The van der Waals surface area contributed by atoms with Gasteiger partial charge in [-0.25, -0.2) is 0 Å². The summed E-state index contributed by atoms with van der Waals surface area (Å²) in [6.45, 7) is 0. The molecular formula is C14H6Br2O3. The maximum atomic E-state index is 11.9. The first-order valence-corrected chi connectivity index (χ1v) is 7.02. The van der Waals surface area contributed by atoms with E-state index in [4.69, 9.17) is 4.42 Å². The third-order valence-electron chi connectivity index (χ3n) is 2.81. The fourth-order valence-corrected chi connectivity index (χ4v) is 3.08. The molecule has 0 saturated carbocycles. The van der Waals surface area contributed by atoms with Crippen molar-refractivity contribution in [1.29, 1.82) is 0 Å². The zero-order valence-corrected chi connectivity index (χ0v) is 12.6. The second kappa shape index (κ2) is 4.58. The molecule has 3 nitrogen and oxygen atoms in total. The Balaban J connectivity index is 2.26. The molecule has 1 aromatic heterocycles. The van der Waals surface area contributed by atoms with Crippen LogP contribution in [0.1, 0.15) is 16.1 Å². The summed E-state index contributed by atoms with van der Waals surface area (Å²) in [4.78, 5) is 23.5. The number of benzene rings is 1. The monoisotopic (exact) mass is 380 g/mol. The molecule has 0 unspecified atom stereocenters. The lowest BCUT2D eigenvalue weighted by Gasteiger charge is -2.04. The van der Waals surface area contributed by atoms with Gasteiger partial charge in [-0.05, 0) is 31.9 Å². The zero-order chi connectivity index (χ0) is 13.6. The van der Waals surface area contributed by atoms with Crippen LogP contribution in [-0.4, -0.2) is 11.6 Å². The van der Waals surface area contributed by atoms with Gasteiger partial charge in [0.15, 0.2) is 5.76 Å². The van der Waals surface area contributed by atoms with Crippen LogP contribution < -0.4 is 0 Å². The van der Waals surface area contributed by atoms with Crippen molar-refractivity contribution < 1.29 is 14.0 Å². The van der Waals surface area contributed by atoms with E-state index >= 15 is 0 Å². The molecule has 1 aromatic carbocycles. The molecule has 0 spiro atoms. The zero-order valence-electron chi connectivity index (χ0n) is 9.44. The van der Waals surface area contributed by atoms with E-state index in [-0.39, 0.29) is 5.56 Å². The minimum absolute atomic E-state index is 0.276. The Bertz CT molecular complexity index is 727. The highest BCUT2D eigenvalue weighted by Gasteiger charge is 2.33. The van der Waals surface area contributed by atoms with E-state index in [1.54, 1.807) is 0 Å². The molecule has 0 atom stereocenters. The van der Waals surface area contributed by atoms with Crippen molar-refractivity contribution in [2.24, 2.45) is 0 Å². The van der Waals surface area contributed by atoms with Gasteiger partial charge >= 0.3 is 0 Å². The number of allylic oxidation sites excluding steroid dienone is 1. The van der Waals surface area contributed by atoms with Gasteiger partial charge in [0.2, 0.25) is 11.6 Å². The topological polar surface area (TPSA) is 47.3 Å². The minimum Gasteiger partial charge on any atom is -0.453 e. The Labute approximate surface area is 125 Å². The van der Waals surface area contributed by atoms with E-state index in [0.29, 0.717) is 20.5 Å². The van der Waals surface area contributed by atoms with Crippen LogP contribution in [0.15, 0.2) is 45.3 Å². The molecule has 1 aliphatic rings. The number of furan rings is 1. The Kier molecular flexibility index (Phi) is 3.03. The van der Waals surface area contributed by atoms with E-state index < -0.39 is 11.6 Å². The SMILES string of the molecule is O=C1C=C(Br)c2oc(-c3ccccc3)c(Br)c2C1=O. The van der Waals surface area contributed by atoms with E-state index in [1.165, 1.54) is 6.08 Å². The van der Waals surface area contributed by atoms with Crippen molar-refractivity contribution in [1.82, 2.24) is 0 Å². The van der Waals surface area contributed by atoms with Crippen LogP contribution in [0.4, 0.5) is 0 Å².